The van der Waals surface area contributed by atoms with Gasteiger partial charge in [0.05, 0.1) is 13.2 Å². The van der Waals surface area contributed by atoms with E-state index < -0.39 is 6.04 Å². The Bertz CT molecular complexity index is 1030. The van der Waals surface area contributed by atoms with Gasteiger partial charge in [-0.15, -0.1) is 0 Å². The zero-order valence-corrected chi connectivity index (χ0v) is 18.9. The molecule has 0 bridgehead atoms. The second-order valence-electron chi connectivity index (χ2n) is 8.65. The van der Waals surface area contributed by atoms with Crippen LogP contribution in [0.4, 0.5) is 5.95 Å². The van der Waals surface area contributed by atoms with Crippen molar-refractivity contribution in [1.82, 2.24) is 20.6 Å². The molecule has 1 atom stereocenters. The van der Waals surface area contributed by atoms with Crippen molar-refractivity contribution in [3.63, 3.8) is 0 Å². The van der Waals surface area contributed by atoms with Crippen LogP contribution in [-0.2, 0) is 27.2 Å². The van der Waals surface area contributed by atoms with Crippen LogP contribution >= 0.6 is 0 Å². The molecule has 33 heavy (non-hydrogen) atoms. The first-order valence-electron chi connectivity index (χ1n) is 11.6. The lowest BCUT2D eigenvalue weighted by atomic mass is 10.0. The number of carbonyl (C=O) groups is 2. The summed E-state index contributed by atoms with van der Waals surface area (Å²) < 4.78 is 5.35. The van der Waals surface area contributed by atoms with E-state index in [2.05, 4.69) is 20.6 Å². The van der Waals surface area contributed by atoms with Crippen LogP contribution in [0.3, 0.4) is 0 Å². The smallest absolute Gasteiger partial charge is 0.255 e. The maximum Gasteiger partial charge on any atom is 0.255 e. The van der Waals surface area contributed by atoms with Crippen LogP contribution in [0.5, 0.6) is 0 Å². The topological polar surface area (TPSA) is 116 Å². The molecule has 1 saturated heterocycles. The van der Waals surface area contributed by atoms with E-state index in [0.717, 1.165) is 18.4 Å². The van der Waals surface area contributed by atoms with Gasteiger partial charge < -0.3 is 20.3 Å². The number of H-pyrrole nitrogens is 1. The average Bonchev–Trinajstić information content (AvgIpc) is 3.63. The summed E-state index contributed by atoms with van der Waals surface area (Å²) in [5, 5.41) is 5.84. The predicted octanol–water partition coefficient (Wildman–Crippen LogP) is 0.854. The van der Waals surface area contributed by atoms with Crippen LogP contribution in [0.15, 0.2) is 35.1 Å². The molecule has 1 aromatic heterocycles. The van der Waals surface area contributed by atoms with Crippen molar-refractivity contribution >= 4 is 17.8 Å². The Morgan fingerprint density at radius 3 is 2.61 bits per heavy atom. The number of aromatic amines is 1. The number of benzene rings is 1. The lowest BCUT2D eigenvalue weighted by Gasteiger charge is -2.27. The van der Waals surface area contributed by atoms with Crippen molar-refractivity contribution in [3.8, 4) is 0 Å². The molecule has 1 aliphatic heterocycles. The number of amides is 2. The van der Waals surface area contributed by atoms with Crippen LogP contribution in [-0.4, -0.2) is 60.2 Å². The number of hydrogen-bond donors (Lipinski definition) is 3. The highest BCUT2D eigenvalue weighted by molar-refractivity contribution is 5.88. The number of aromatic nitrogens is 2. The van der Waals surface area contributed by atoms with Crippen molar-refractivity contribution in [1.29, 1.82) is 0 Å². The summed E-state index contributed by atoms with van der Waals surface area (Å²) >= 11 is 0. The van der Waals surface area contributed by atoms with E-state index >= 15 is 0 Å². The average molecular weight is 454 g/mol. The Hall–Kier alpha value is -3.20. The quantitative estimate of drug-likeness (QED) is 0.519. The number of carbonyl (C=O) groups excluding carboxylic acids is 2. The lowest BCUT2D eigenvalue weighted by molar-refractivity contribution is -0.129. The highest BCUT2D eigenvalue weighted by Crippen LogP contribution is 2.19. The molecule has 4 rings (SSSR count). The number of aryl methyl sites for hydroxylation is 1. The molecule has 1 aliphatic carbocycles. The number of rotatable bonds is 9. The Labute approximate surface area is 192 Å². The van der Waals surface area contributed by atoms with E-state index in [0.29, 0.717) is 49.9 Å². The van der Waals surface area contributed by atoms with Gasteiger partial charge in [0.2, 0.25) is 17.8 Å². The summed E-state index contributed by atoms with van der Waals surface area (Å²) in [7, 11) is 0. The third kappa shape index (κ3) is 6.41. The van der Waals surface area contributed by atoms with E-state index in [1.807, 2.05) is 35.2 Å². The van der Waals surface area contributed by atoms with Crippen LogP contribution in [0.2, 0.25) is 0 Å². The van der Waals surface area contributed by atoms with Gasteiger partial charge in [-0.05, 0) is 31.7 Å². The standard InChI is InChI=1S/C24H31N5O4/c1-16-19(22(31)28-24(25-16)29-11-13-33-14-12-29)9-10-21(30)27-20(23(32)26-18-7-8-18)15-17-5-3-2-4-6-17/h2-6,18,20H,7-15H2,1H3,(H,26,32)(H,27,30)(H,25,28,31). The number of morpholine rings is 1. The Morgan fingerprint density at radius 2 is 1.94 bits per heavy atom. The summed E-state index contributed by atoms with van der Waals surface area (Å²) in [6, 6.07) is 9.18. The molecule has 0 spiro atoms. The highest BCUT2D eigenvalue weighted by atomic mass is 16.5. The number of ether oxygens (including phenoxy) is 1. The van der Waals surface area contributed by atoms with Gasteiger partial charge in [0.25, 0.3) is 5.56 Å². The summed E-state index contributed by atoms with van der Waals surface area (Å²) in [5.74, 6) is 0.104. The Morgan fingerprint density at radius 1 is 1.21 bits per heavy atom. The minimum Gasteiger partial charge on any atom is -0.378 e. The number of nitrogens with zero attached hydrogens (tertiary/aromatic N) is 2. The fourth-order valence-electron chi connectivity index (χ4n) is 3.91. The van der Waals surface area contributed by atoms with Gasteiger partial charge in [-0.25, -0.2) is 4.98 Å². The van der Waals surface area contributed by atoms with Crippen molar-refractivity contribution < 1.29 is 14.3 Å². The molecule has 1 aromatic carbocycles. The van der Waals surface area contributed by atoms with Crippen LogP contribution < -0.4 is 21.1 Å². The molecule has 2 aromatic rings. The van der Waals surface area contributed by atoms with Crippen molar-refractivity contribution in [3.05, 3.63) is 57.5 Å². The van der Waals surface area contributed by atoms with E-state index in [1.165, 1.54) is 0 Å². The molecular formula is C24H31N5O4. The molecule has 2 aliphatic rings. The van der Waals surface area contributed by atoms with Crippen molar-refractivity contribution in [2.45, 2.75) is 51.1 Å². The molecule has 1 saturated carbocycles. The van der Waals surface area contributed by atoms with Gasteiger partial charge >= 0.3 is 0 Å². The van der Waals surface area contributed by atoms with E-state index in [1.54, 1.807) is 6.92 Å². The minimum atomic E-state index is -0.651. The monoisotopic (exact) mass is 453 g/mol. The molecule has 1 unspecified atom stereocenters. The second-order valence-corrected chi connectivity index (χ2v) is 8.65. The molecule has 2 amide bonds. The van der Waals surface area contributed by atoms with Crippen LogP contribution in [0.25, 0.3) is 0 Å². The molecular weight excluding hydrogens is 422 g/mol. The van der Waals surface area contributed by atoms with Gasteiger partial charge in [0, 0.05) is 43.2 Å². The van der Waals surface area contributed by atoms with E-state index in [-0.39, 0.29) is 36.3 Å². The zero-order chi connectivity index (χ0) is 23.2. The van der Waals surface area contributed by atoms with Gasteiger partial charge in [-0.3, -0.25) is 19.4 Å². The SMILES string of the molecule is Cc1nc(N2CCOCC2)[nH]c(=O)c1CCC(=O)NC(Cc1ccccc1)C(=O)NC1CC1. The molecule has 9 heteroatoms. The first-order valence-corrected chi connectivity index (χ1v) is 11.6. The number of hydrogen-bond acceptors (Lipinski definition) is 6. The highest BCUT2D eigenvalue weighted by Gasteiger charge is 2.28. The largest absolute Gasteiger partial charge is 0.378 e. The Kier molecular flexibility index (Phi) is 7.39. The fourth-order valence-corrected chi connectivity index (χ4v) is 3.91. The van der Waals surface area contributed by atoms with Gasteiger partial charge in [-0.2, -0.15) is 0 Å². The first-order chi connectivity index (χ1) is 16.0. The first kappa shape index (κ1) is 23.0. The van der Waals surface area contributed by atoms with Gasteiger partial charge in [0.1, 0.15) is 6.04 Å². The summed E-state index contributed by atoms with van der Waals surface area (Å²) in [6.07, 6.45) is 2.73. The van der Waals surface area contributed by atoms with Crippen LogP contribution in [0.1, 0.15) is 36.1 Å². The van der Waals surface area contributed by atoms with Gasteiger partial charge in [0.15, 0.2) is 0 Å². The molecule has 0 radical (unpaired) electrons. The fraction of sp³-hybridized carbons (Fsp3) is 0.500. The van der Waals surface area contributed by atoms with Gasteiger partial charge in [-0.1, -0.05) is 30.3 Å². The zero-order valence-electron chi connectivity index (χ0n) is 18.9. The molecule has 2 heterocycles. The maximum absolute atomic E-state index is 12.7. The summed E-state index contributed by atoms with van der Waals surface area (Å²) in [4.78, 5) is 47.4. The predicted molar refractivity (Wildman–Crippen MR) is 124 cm³/mol. The molecule has 2 fully saturated rings. The molecule has 3 N–H and O–H groups in total. The summed E-state index contributed by atoms with van der Waals surface area (Å²) in [6.45, 7) is 4.34. The minimum absolute atomic E-state index is 0.102. The third-order valence-corrected chi connectivity index (χ3v) is 5.98. The number of anilines is 1. The van der Waals surface area contributed by atoms with Crippen molar-refractivity contribution in [2.24, 2.45) is 0 Å². The maximum atomic E-state index is 12.7. The second kappa shape index (κ2) is 10.6. The molecule has 9 nitrogen and oxygen atoms in total. The molecule has 176 valence electrons. The Balaban J connectivity index is 1.38. The van der Waals surface area contributed by atoms with E-state index in [4.69, 9.17) is 4.74 Å². The normalized spacial score (nSPS) is 16.8. The van der Waals surface area contributed by atoms with Crippen molar-refractivity contribution in [2.75, 3.05) is 31.2 Å². The summed E-state index contributed by atoms with van der Waals surface area (Å²) in [5.41, 5.74) is 1.84. The lowest BCUT2D eigenvalue weighted by Crippen LogP contribution is -2.48. The van der Waals surface area contributed by atoms with E-state index in [9.17, 15) is 14.4 Å². The number of nitrogens with one attached hydrogen (secondary N) is 3. The van der Waals surface area contributed by atoms with Crippen LogP contribution in [0, 0.1) is 6.92 Å². The third-order valence-electron chi connectivity index (χ3n) is 5.98.